The number of nitrogens with zero attached hydrogens (tertiary/aromatic N) is 1. The molecular formula is C23H23NO2S. The van der Waals surface area contributed by atoms with E-state index in [0.717, 1.165) is 16.7 Å². The molecule has 0 saturated carbocycles. The van der Waals surface area contributed by atoms with Crippen molar-refractivity contribution in [3.8, 4) is 11.1 Å². The molecule has 0 atom stereocenters. The Morgan fingerprint density at radius 3 is 2.48 bits per heavy atom. The highest BCUT2D eigenvalue weighted by Crippen LogP contribution is 2.28. The van der Waals surface area contributed by atoms with Crippen molar-refractivity contribution < 1.29 is 9.90 Å². The van der Waals surface area contributed by atoms with Crippen LogP contribution in [0.15, 0.2) is 71.4 Å². The Bertz CT molecular complexity index is 927. The minimum atomic E-state index is -0.814. The second-order valence-corrected chi connectivity index (χ2v) is 7.45. The van der Waals surface area contributed by atoms with E-state index in [4.69, 9.17) is 5.11 Å². The summed E-state index contributed by atoms with van der Waals surface area (Å²) in [4.78, 5) is 12.7. The zero-order valence-electron chi connectivity index (χ0n) is 15.6. The van der Waals surface area contributed by atoms with Gasteiger partial charge in [-0.2, -0.15) is 11.3 Å². The second-order valence-electron chi connectivity index (χ2n) is 6.67. The van der Waals surface area contributed by atoms with Crippen molar-refractivity contribution in [2.75, 3.05) is 20.1 Å². The largest absolute Gasteiger partial charge is 0.480 e. The Kier molecular flexibility index (Phi) is 6.22. The highest BCUT2D eigenvalue weighted by atomic mass is 32.1. The summed E-state index contributed by atoms with van der Waals surface area (Å²) < 4.78 is 0. The van der Waals surface area contributed by atoms with Gasteiger partial charge in [-0.05, 0) is 58.6 Å². The molecule has 3 nitrogen and oxygen atoms in total. The van der Waals surface area contributed by atoms with Crippen LogP contribution in [0.3, 0.4) is 0 Å². The molecule has 3 rings (SSSR count). The van der Waals surface area contributed by atoms with Crippen LogP contribution in [0, 0.1) is 6.92 Å². The standard InChI is InChI=1S/C23H23NO2S/c1-17-4-3-5-20(14-17)18-6-8-19(9-7-18)22(21-11-13-27-16-21)10-12-24(2)15-23(25)26/h3-11,13-14,16H,12,15H2,1-2H3,(H,25,26). The number of carboxylic acid groups (broad SMARTS) is 1. The molecular weight excluding hydrogens is 354 g/mol. The Morgan fingerprint density at radius 2 is 1.85 bits per heavy atom. The fourth-order valence-electron chi connectivity index (χ4n) is 3.03. The number of hydrogen-bond donors (Lipinski definition) is 1. The highest BCUT2D eigenvalue weighted by molar-refractivity contribution is 7.08. The minimum Gasteiger partial charge on any atom is -0.480 e. The predicted molar refractivity (Wildman–Crippen MR) is 113 cm³/mol. The predicted octanol–water partition coefficient (Wildman–Crippen LogP) is 5.17. The summed E-state index contributed by atoms with van der Waals surface area (Å²) in [5.74, 6) is -0.814. The van der Waals surface area contributed by atoms with Crippen molar-refractivity contribution in [2.24, 2.45) is 0 Å². The van der Waals surface area contributed by atoms with E-state index in [1.54, 1.807) is 16.2 Å². The van der Waals surface area contributed by atoms with E-state index >= 15 is 0 Å². The van der Waals surface area contributed by atoms with Crippen molar-refractivity contribution in [2.45, 2.75) is 6.92 Å². The quantitative estimate of drug-likeness (QED) is 0.617. The number of benzene rings is 2. The molecule has 2 aromatic carbocycles. The average Bonchev–Trinajstić information content (AvgIpc) is 3.16. The lowest BCUT2D eigenvalue weighted by Gasteiger charge is -2.13. The summed E-state index contributed by atoms with van der Waals surface area (Å²) in [6.45, 7) is 2.71. The van der Waals surface area contributed by atoms with Crippen LogP contribution in [0.4, 0.5) is 0 Å². The zero-order valence-corrected chi connectivity index (χ0v) is 16.4. The Morgan fingerprint density at radius 1 is 1.07 bits per heavy atom. The third-order valence-electron chi connectivity index (χ3n) is 4.39. The van der Waals surface area contributed by atoms with Gasteiger partial charge in [-0.1, -0.05) is 60.2 Å². The lowest BCUT2D eigenvalue weighted by Crippen LogP contribution is -2.25. The normalized spacial score (nSPS) is 11.7. The fourth-order valence-corrected chi connectivity index (χ4v) is 3.69. The molecule has 0 saturated heterocycles. The van der Waals surface area contributed by atoms with Crippen molar-refractivity contribution in [1.82, 2.24) is 4.90 Å². The van der Waals surface area contributed by atoms with Crippen molar-refractivity contribution in [3.63, 3.8) is 0 Å². The van der Waals surface area contributed by atoms with Gasteiger partial charge in [-0.15, -0.1) is 0 Å². The Hall–Kier alpha value is -2.69. The number of carboxylic acids is 1. The van der Waals surface area contributed by atoms with Gasteiger partial charge in [0.25, 0.3) is 0 Å². The molecule has 0 aliphatic carbocycles. The lowest BCUT2D eigenvalue weighted by atomic mass is 9.96. The third kappa shape index (κ3) is 5.16. The van der Waals surface area contributed by atoms with Crippen LogP contribution in [0.25, 0.3) is 16.7 Å². The monoisotopic (exact) mass is 377 g/mol. The molecule has 4 heteroatoms. The van der Waals surface area contributed by atoms with Gasteiger partial charge in [0.1, 0.15) is 0 Å². The summed E-state index contributed by atoms with van der Waals surface area (Å²) in [5.41, 5.74) is 7.07. The van der Waals surface area contributed by atoms with Crippen molar-refractivity contribution >= 4 is 22.9 Å². The van der Waals surface area contributed by atoms with Crippen LogP contribution in [0.5, 0.6) is 0 Å². The SMILES string of the molecule is Cc1cccc(-c2ccc(C(=CCN(C)CC(=O)O)c3ccsc3)cc2)c1. The molecule has 27 heavy (non-hydrogen) atoms. The smallest absolute Gasteiger partial charge is 0.317 e. The highest BCUT2D eigenvalue weighted by Gasteiger charge is 2.08. The summed E-state index contributed by atoms with van der Waals surface area (Å²) in [6.07, 6.45) is 2.10. The van der Waals surface area contributed by atoms with Gasteiger partial charge < -0.3 is 5.11 Å². The summed E-state index contributed by atoms with van der Waals surface area (Å²) in [5, 5.41) is 13.1. The molecule has 0 aliphatic heterocycles. The van der Waals surface area contributed by atoms with Gasteiger partial charge in [-0.25, -0.2) is 0 Å². The number of rotatable bonds is 7. The molecule has 0 fully saturated rings. The van der Waals surface area contributed by atoms with E-state index in [2.05, 4.69) is 78.4 Å². The topological polar surface area (TPSA) is 40.5 Å². The van der Waals surface area contributed by atoms with E-state index in [-0.39, 0.29) is 6.54 Å². The van der Waals surface area contributed by atoms with Gasteiger partial charge in [-0.3, -0.25) is 9.69 Å². The van der Waals surface area contributed by atoms with E-state index in [0.29, 0.717) is 6.54 Å². The first-order chi connectivity index (χ1) is 13.0. The molecule has 0 radical (unpaired) electrons. The Labute approximate surface area is 164 Å². The molecule has 0 bridgehead atoms. The van der Waals surface area contributed by atoms with Gasteiger partial charge in [0, 0.05) is 6.54 Å². The fraction of sp³-hybridized carbons (Fsp3) is 0.174. The van der Waals surface area contributed by atoms with Gasteiger partial charge in [0.15, 0.2) is 0 Å². The van der Waals surface area contributed by atoms with Crippen molar-refractivity contribution in [1.29, 1.82) is 0 Å². The molecule has 0 aliphatic rings. The van der Waals surface area contributed by atoms with E-state index in [9.17, 15) is 4.79 Å². The van der Waals surface area contributed by atoms with Crippen LogP contribution in [0.1, 0.15) is 16.7 Å². The maximum absolute atomic E-state index is 10.9. The summed E-state index contributed by atoms with van der Waals surface area (Å²) in [7, 11) is 1.82. The minimum absolute atomic E-state index is 0.0275. The van der Waals surface area contributed by atoms with Gasteiger partial charge in [0.2, 0.25) is 0 Å². The average molecular weight is 378 g/mol. The van der Waals surface area contributed by atoms with Crippen LogP contribution < -0.4 is 0 Å². The molecule has 1 N–H and O–H groups in total. The van der Waals surface area contributed by atoms with E-state index in [1.807, 2.05) is 7.05 Å². The maximum Gasteiger partial charge on any atom is 0.317 e. The zero-order chi connectivity index (χ0) is 19.2. The molecule has 0 spiro atoms. The molecule has 1 heterocycles. The van der Waals surface area contributed by atoms with Crippen LogP contribution in [0.2, 0.25) is 0 Å². The molecule has 1 aromatic heterocycles. The van der Waals surface area contributed by atoms with Crippen LogP contribution in [-0.2, 0) is 4.79 Å². The number of aryl methyl sites for hydroxylation is 1. The number of aliphatic carboxylic acids is 1. The van der Waals surface area contributed by atoms with E-state index in [1.165, 1.54) is 16.7 Å². The van der Waals surface area contributed by atoms with Crippen molar-refractivity contribution in [3.05, 3.63) is 88.1 Å². The second kappa shape index (κ2) is 8.80. The first-order valence-electron chi connectivity index (χ1n) is 8.83. The summed E-state index contributed by atoms with van der Waals surface area (Å²) in [6, 6.07) is 19.1. The molecule has 138 valence electrons. The molecule has 0 amide bonds. The van der Waals surface area contributed by atoms with Crippen LogP contribution in [-0.4, -0.2) is 36.1 Å². The third-order valence-corrected chi connectivity index (χ3v) is 5.07. The van der Waals surface area contributed by atoms with E-state index < -0.39 is 5.97 Å². The first kappa shape index (κ1) is 19.1. The first-order valence-corrected chi connectivity index (χ1v) is 9.78. The lowest BCUT2D eigenvalue weighted by molar-refractivity contribution is -0.137. The molecule has 0 unspecified atom stereocenters. The van der Waals surface area contributed by atoms with Crippen LogP contribution >= 0.6 is 11.3 Å². The number of likely N-dealkylation sites (N-methyl/N-ethyl adjacent to an activating group) is 1. The molecule has 3 aromatic rings. The summed E-state index contributed by atoms with van der Waals surface area (Å²) >= 11 is 1.66. The van der Waals surface area contributed by atoms with Gasteiger partial charge in [0.05, 0.1) is 6.54 Å². The number of hydrogen-bond acceptors (Lipinski definition) is 3. The Balaban J connectivity index is 1.87. The van der Waals surface area contributed by atoms with Gasteiger partial charge >= 0.3 is 5.97 Å². The number of thiophene rings is 1. The maximum atomic E-state index is 10.9. The number of carbonyl (C=O) groups is 1.